The Morgan fingerprint density at radius 1 is 1.10 bits per heavy atom. The molecule has 2 N–H and O–H groups in total. The molecule has 0 fully saturated rings. The van der Waals surface area contributed by atoms with E-state index in [4.69, 9.17) is 5.84 Å². The number of thioether (sulfide) groups is 1. The van der Waals surface area contributed by atoms with Gasteiger partial charge in [-0.25, -0.2) is 9.66 Å². The minimum Gasteiger partial charge on any atom is -0.348 e. The number of likely N-dealkylation sites (N-methyl/N-ethyl adjacent to an activating group) is 1. The SMILES string of the molecule is CN(C)C(=O)C(Sc1nc2scc(-c3ccccc3)c2c(=O)n1N)c1ccccc1. The third kappa shape index (κ3) is 3.71. The summed E-state index contributed by atoms with van der Waals surface area (Å²) >= 11 is 2.58. The molecule has 0 radical (unpaired) electrons. The van der Waals surface area contributed by atoms with E-state index < -0.39 is 5.25 Å². The summed E-state index contributed by atoms with van der Waals surface area (Å²) in [5.41, 5.74) is 2.25. The second-order valence-electron chi connectivity index (χ2n) is 6.91. The topological polar surface area (TPSA) is 81.2 Å². The molecule has 152 valence electrons. The van der Waals surface area contributed by atoms with Gasteiger partial charge >= 0.3 is 0 Å². The molecule has 4 aromatic rings. The number of amides is 1. The molecule has 8 heteroatoms. The Labute approximate surface area is 181 Å². The fourth-order valence-electron chi connectivity index (χ4n) is 3.13. The van der Waals surface area contributed by atoms with E-state index in [0.29, 0.717) is 15.4 Å². The number of carbonyl (C=O) groups excluding carboxylic acids is 1. The molecule has 0 saturated carbocycles. The summed E-state index contributed by atoms with van der Waals surface area (Å²) in [5.74, 6) is 6.06. The molecule has 0 spiro atoms. The van der Waals surface area contributed by atoms with E-state index in [0.717, 1.165) is 21.4 Å². The van der Waals surface area contributed by atoms with E-state index in [1.165, 1.54) is 28.0 Å². The molecule has 0 aliphatic carbocycles. The van der Waals surface area contributed by atoms with Crippen LogP contribution in [-0.2, 0) is 4.79 Å². The van der Waals surface area contributed by atoms with E-state index in [2.05, 4.69) is 4.98 Å². The van der Waals surface area contributed by atoms with E-state index in [1.54, 1.807) is 14.1 Å². The van der Waals surface area contributed by atoms with Gasteiger partial charge in [0.2, 0.25) is 5.91 Å². The second-order valence-corrected chi connectivity index (χ2v) is 8.84. The fraction of sp³-hybridized carbons (Fsp3) is 0.136. The third-order valence-electron chi connectivity index (χ3n) is 4.68. The molecule has 2 aromatic heterocycles. The van der Waals surface area contributed by atoms with E-state index in [1.807, 2.05) is 66.0 Å². The van der Waals surface area contributed by atoms with Crippen molar-refractivity contribution in [1.82, 2.24) is 14.6 Å². The standard InChI is InChI=1S/C22H20N4O2S2/c1-25(2)21(28)18(15-11-7-4-8-12-15)30-22-24-19-17(20(27)26(22)23)16(13-29-19)14-9-5-3-6-10-14/h3-13,18H,23H2,1-2H3. The largest absolute Gasteiger partial charge is 0.348 e. The van der Waals surface area contributed by atoms with Crippen LogP contribution in [0.5, 0.6) is 0 Å². The molecule has 0 aliphatic heterocycles. The Morgan fingerprint density at radius 2 is 1.73 bits per heavy atom. The fourth-order valence-corrected chi connectivity index (χ4v) is 5.28. The second kappa shape index (κ2) is 8.33. The predicted octanol–water partition coefficient (Wildman–Crippen LogP) is 3.76. The van der Waals surface area contributed by atoms with Crippen molar-refractivity contribution in [3.05, 3.63) is 82.0 Å². The van der Waals surface area contributed by atoms with Gasteiger partial charge in [-0.2, -0.15) is 0 Å². The van der Waals surface area contributed by atoms with Crippen molar-refractivity contribution in [3.8, 4) is 11.1 Å². The molecule has 1 unspecified atom stereocenters. The maximum absolute atomic E-state index is 13.1. The zero-order valence-corrected chi connectivity index (χ0v) is 18.1. The zero-order valence-electron chi connectivity index (χ0n) is 16.5. The Balaban J connectivity index is 1.80. The Hall–Kier alpha value is -3.10. The predicted molar refractivity (Wildman–Crippen MR) is 123 cm³/mol. The van der Waals surface area contributed by atoms with Gasteiger partial charge in [0.25, 0.3) is 5.56 Å². The number of hydrogen-bond donors (Lipinski definition) is 1. The van der Waals surface area contributed by atoms with Crippen LogP contribution in [0.1, 0.15) is 10.8 Å². The minimum absolute atomic E-state index is 0.100. The third-order valence-corrected chi connectivity index (χ3v) is 6.76. The van der Waals surface area contributed by atoms with Gasteiger partial charge in [0.1, 0.15) is 10.1 Å². The van der Waals surface area contributed by atoms with Crippen LogP contribution in [0.2, 0.25) is 0 Å². The highest BCUT2D eigenvalue weighted by molar-refractivity contribution is 8.00. The molecule has 1 amide bonds. The summed E-state index contributed by atoms with van der Waals surface area (Å²) in [6.07, 6.45) is 0. The maximum Gasteiger partial charge on any atom is 0.282 e. The summed E-state index contributed by atoms with van der Waals surface area (Å²) in [4.78, 5) is 32.7. The first-order valence-electron chi connectivity index (χ1n) is 9.25. The number of benzene rings is 2. The van der Waals surface area contributed by atoms with Crippen LogP contribution in [0, 0.1) is 0 Å². The quantitative estimate of drug-likeness (QED) is 0.293. The lowest BCUT2D eigenvalue weighted by atomic mass is 10.1. The highest BCUT2D eigenvalue weighted by Crippen LogP contribution is 2.37. The molecular formula is C22H20N4O2S2. The lowest BCUT2D eigenvalue weighted by molar-refractivity contribution is -0.128. The van der Waals surface area contributed by atoms with Crippen LogP contribution in [0.3, 0.4) is 0 Å². The van der Waals surface area contributed by atoms with Crippen molar-refractivity contribution in [3.63, 3.8) is 0 Å². The number of thiophene rings is 1. The number of carbonyl (C=O) groups is 1. The first-order chi connectivity index (χ1) is 14.5. The van der Waals surface area contributed by atoms with Crippen LogP contribution >= 0.6 is 23.1 Å². The van der Waals surface area contributed by atoms with Gasteiger partial charge in [-0.1, -0.05) is 72.4 Å². The molecule has 6 nitrogen and oxygen atoms in total. The van der Waals surface area contributed by atoms with Crippen molar-refractivity contribution in [2.24, 2.45) is 0 Å². The van der Waals surface area contributed by atoms with Gasteiger partial charge in [0.05, 0.1) is 5.39 Å². The number of nitrogens with zero attached hydrogens (tertiary/aromatic N) is 3. The molecule has 30 heavy (non-hydrogen) atoms. The molecule has 0 bridgehead atoms. The van der Waals surface area contributed by atoms with Crippen molar-refractivity contribution >= 4 is 39.2 Å². The lowest BCUT2D eigenvalue weighted by Gasteiger charge is -2.20. The van der Waals surface area contributed by atoms with Crippen molar-refractivity contribution < 1.29 is 4.79 Å². The minimum atomic E-state index is -0.561. The average Bonchev–Trinajstić information content (AvgIpc) is 3.20. The van der Waals surface area contributed by atoms with Crippen LogP contribution in [-0.4, -0.2) is 34.6 Å². The average molecular weight is 437 g/mol. The maximum atomic E-state index is 13.1. The van der Waals surface area contributed by atoms with Crippen LogP contribution < -0.4 is 11.4 Å². The first-order valence-corrected chi connectivity index (χ1v) is 11.0. The van der Waals surface area contributed by atoms with Gasteiger partial charge in [-0.15, -0.1) is 11.3 Å². The zero-order chi connectivity index (χ0) is 21.3. The summed E-state index contributed by atoms with van der Waals surface area (Å²) < 4.78 is 1.05. The van der Waals surface area contributed by atoms with Gasteiger partial charge in [0, 0.05) is 25.0 Å². The summed E-state index contributed by atoms with van der Waals surface area (Å²) in [6.45, 7) is 0. The van der Waals surface area contributed by atoms with Gasteiger partial charge in [-0.05, 0) is 11.1 Å². The van der Waals surface area contributed by atoms with Crippen LogP contribution in [0.4, 0.5) is 0 Å². The van der Waals surface area contributed by atoms with Gasteiger partial charge in [0.15, 0.2) is 5.16 Å². The number of nitrogen functional groups attached to an aromatic ring is 1. The monoisotopic (exact) mass is 436 g/mol. The summed E-state index contributed by atoms with van der Waals surface area (Å²) in [6, 6.07) is 19.1. The van der Waals surface area contributed by atoms with Crippen LogP contribution in [0.25, 0.3) is 21.3 Å². The van der Waals surface area contributed by atoms with Gasteiger partial charge < -0.3 is 10.7 Å². The van der Waals surface area contributed by atoms with E-state index >= 15 is 0 Å². The highest BCUT2D eigenvalue weighted by atomic mass is 32.2. The number of aromatic nitrogens is 2. The van der Waals surface area contributed by atoms with Crippen molar-refractivity contribution in [2.45, 2.75) is 10.4 Å². The molecule has 4 rings (SSSR count). The first kappa shape index (κ1) is 20.2. The highest BCUT2D eigenvalue weighted by Gasteiger charge is 2.26. The molecule has 0 aliphatic rings. The Bertz CT molecular complexity index is 1250. The molecule has 2 aromatic carbocycles. The summed E-state index contributed by atoms with van der Waals surface area (Å²) in [7, 11) is 3.41. The van der Waals surface area contributed by atoms with Crippen molar-refractivity contribution in [1.29, 1.82) is 0 Å². The van der Waals surface area contributed by atoms with Gasteiger partial charge in [-0.3, -0.25) is 9.59 Å². The van der Waals surface area contributed by atoms with Crippen LogP contribution in [0.15, 0.2) is 76.0 Å². The normalized spacial score (nSPS) is 12.1. The number of nitrogens with two attached hydrogens (primary N) is 1. The Morgan fingerprint density at radius 3 is 2.37 bits per heavy atom. The number of fused-ring (bicyclic) bond motifs is 1. The molecular weight excluding hydrogens is 416 g/mol. The smallest absolute Gasteiger partial charge is 0.282 e. The summed E-state index contributed by atoms with van der Waals surface area (Å²) in [5, 5.41) is 2.16. The van der Waals surface area contributed by atoms with E-state index in [-0.39, 0.29) is 11.5 Å². The van der Waals surface area contributed by atoms with Crippen molar-refractivity contribution in [2.75, 3.05) is 19.9 Å². The number of rotatable bonds is 5. The van der Waals surface area contributed by atoms with E-state index in [9.17, 15) is 9.59 Å². The number of hydrogen-bond acceptors (Lipinski definition) is 6. The lowest BCUT2D eigenvalue weighted by Crippen LogP contribution is -2.31. The molecule has 0 saturated heterocycles. The molecule has 2 heterocycles. The Kier molecular flexibility index (Phi) is 5.61. The molecule has 1 atom stereocenters.